The van der Waals surface area contributed by atoms with Crippen molar-refractivity contribution in [3.8, 4) is 11.5 Å². The Bertz CT molecular complexity index is 1580. The summed E-state index contributed by atoms with van der Waals surface area (Å²) >= 11 is 0. The van der Waals surface area contributed by atoms with E-state index in [1.54, 1.807) is 19.1 Å². The Hall–Kier alpha value is -4.79. The molecule has 0 spiro atoms. The van der Waals surface area contributed by atoms with E-state index in [0.717, 1.165) is 35.6 Å². The number of carboxylic acid groups (broad SMARTS) is 1. The molecule has 2 aliphatic rings. The monoisotopic (exact) mass is 597 g/mol. The summed E-state index contributed by atoms with van der Waals surface area (Å²) in [5, 5.41) is 12.9. The van der Waals surface area contributed by atoms with Gasteiger partial charge in [-0.1, -0.05) is 30.3 Å². The Labute approximate surface area is 258 Å². The largest absolute Gasteiger partial charge is 0.493 e. The highest BCUT2D eigenvalue weighted by atomic mass is 16.5. The molecule has 0 unspecified atom stereocenters. The molecule has 0 aromatic heterocycles. The van der Waals surface area contributed by atoms with E-state index in [9.17, 15) is 19.5 Å². The fourth-order valence-electron chi connectivity index (χ4n) is 6.31. The summed E-state index contributed by atoms with van der Waals surface area (Å²) in [5.74, 6) is -0.392. The number of carbonyl (C=O) groups excluding carboxylic acids is 2. The van der Waals surface area contributed by atoms with Crippen LogP contribution in [0.3, 0.4) is 0 Å². The number of hydrogen-bond acceptors (Lipinski definition) is 7. The smallest absolute Gasteiger partial charge is 0.303 e. The molecule has 2 N–H and O–H groups in total. The van der Waals surface area contributed by atoms with Crippen molar-refractivity contribution in [3.63, 3.8) is 0 Å². The number of fused-ring (bicyclic) bond motifs is 1. The quantitative estimate of drug-likeness (QED) is 0.280. The number of Topliss-reactive ketones (excluding diaryl/α,β-unsaturated/α-hetero) is 1. The van der Waals surface area contributed by atoms with Crippen molar-refractivity contribution in [1.82, 2.24) is 0 Å². The van der Waals surface area contributed by atoms with Crippen molar-refractivity contribution in [3.05, 3.63) is 89.1 Å². The lowest BCUT2D eigenvalue weighted by Gasteiger charge is -2.35. The van der Waals surface area contributed by atoms with Crippen LogP contribution in [0.15, 0.2) is 78.0 Å². The lowest BCUT2D eigenvalue weighted by Crippen LogP contribution is -2.38. The number of ether oxygens (including phenoxy) is 2. The highest BCUT2D eigenvalue weighted by Gasteiger charge is 2.41. The third-order valence-corrected chi connectivity index (χ3v) is 8.53. The van der Waals surface area contributed by atoms with Crippen molar-refractivity contribution in [2.45, 2.75) is 51.5 Å². The number of para-hydroxylation sites is 2. The first-order valence-electron chi connectivity index (χ1n) is 15.0. The van der Waals surface area contributed by atoms with Gasteiger partial charge in [-0.3, -0.25) is 19.3 Å². The lowest BCUT2D eigenvalue weighted by molar-refractivity contribution is -0.138. The maximum absolute atomic E-state index is 14.3. The molecule has 2 atom stereocenters. The van der Waals surface area contributed by atoms with Gasteiger partial charge in [-0.25, -0.2) is 0 Å². The van der Waals surface area contributed by atoms with E-state index in [-0.39, 0.29) is 36.9 Å². The van der Waals surface area contributed by atoms with Crippen LogP contribution in [-0.2, 0) is 14.4 Å². The van der Waals surface area contributed by atoms with Crippen LogP contribution in [0.25, 0.3) is 0 Å². The molecule has 1 aliphatic heterocycles. The number of nitrogens with one attached hydrogen (secondary N) is 1. The normalized spacial score (nSPS) is 17.6. The number of carbonyl (C=O) groups is 3. The average molecular weight is 598 g/mol. The predicted octanol–water partition coefficient (Wildman–Crippen LogP) is 6.32. The number of nitrogens with zero attached hydrogens (tertiary/aromatic N) is 2. The standard InChI is InChI=1S/C35H39N3O6/c1-5-37(6-2)25-14-11-22(12-15-25)35-34-27(19-24(20-29(34)39)23-13-16-30(43-3)31(21-23)44-4)36-26-9-7-8-10-28(26)38(35)32(40)17-18-33(41)42/h7-16,21,24,35-36H,5-6,17-20H2,1-4H3,(H,41,42)/t24-,35-/m0/s1. The summed E-state index contributed by atoms with van der Waals surface area (Å²) in [4.78, 5) is 43.5. The van der Waals surface area contributed by atoms with Crippen molar-refractivity contribution in [2.24, 2.45) is 0 Å². The van der Waals surface area contributed by atoms with E-state index in [2.05, 4.69) is 24.1 Å². The van der Waals surface area contributed by atoms with Gasteiger partial charge < -0.3 is 24.8 Å². The first-order valence-corrected chi connectivity index (χ1v) is 15.0. The van der Waals surface area contributed by atoms with Gasteiger partial charge in [-0.2, -0.15) is 0 Å². The van der Waals surface area contributed by atoms with Crippen LogP contribution in [0, 0.1) is 0 Å². The van der Waals surface area contributed by atoms with E-state index in [1.807, 2.05) is 66.7 Å². The molecule has 0 saturated heterocycles. The number of rotatable bonds is 10. The fraction of sp³-hybridized carbons (Fsp3) is 0.343. The van der Waals surface area contributed by atoms with Crippen LogP contribution in [0.5, 0.6) is 11.5 Å². The number of methoxy groups -OCH3 is 2. The van der Waals surface area contributed by atoms with Crippen molar-refractivity contribution >= 4 is 34.7 Å². The fourth-order valence-corrected chi connectivity index (χ4v) is 6.31. The van der Waals surface area contributed by atoms with Crippen LogP contribution in [-0.4, -0.2) is 50.1 Å². The highest BCUT2D eigenvalue weighted by molar-refractivity contribution is 6.06. The molecule has 3 aromatic carbocycles. The number of hydrogen-bond donors (Lipinski definition) is 2. The summed E-state index contributed by atoms with van der Waals surface area (Å²) in [6, 6.07) is 20.4. The molecule has 1 heterocycles. The molecular formula is C35H39N3O6. The maximum Gasteiger partial charge on any atom is 0.303 e. The molecule has 44 heavy (non-hydrogen) atoms. The minimum absolute atomic E-state index is 0.0693. The van der Waals surface area contributed by atoms with Crippen molar-refractivity contribution in [1.29, 1.82) is 0 Å². The Morgan fingerprint density at radius 3 is 2.25 bits per heavy atom. The Morgan fingerprint density at radius 1 is 0.909 bits per heavy atom. The van der Waals surface area contributed by atoms with Crippen LogP contribution in [0.4, 0.5) is 17.1 Å². The molecule has 3 aromatic rings. The topological polar surface area (TPSA) is 108 Å². The Balaban J connectivity index is 1.65. The van der Waals surface area contributed by atoms with Gasteiger partial charge in [0.1, 0.15) is 0 Å². The zero-order valence-corrected chi connectivity index (χ0v) is 25.6. The minimum atomic E-state index is -1.05. The van der Waals surface area contributed by atoms with Crippen LogP contribution in [0.2, 0.25) is 0 Å². The number of amides is 1. The average Bonchev–Trinajstić information content (AvgIpc) is 3.19. The maximum atomic E-state index is 14.3. The number of benzene rings is 3. The third kappa shape index (κ3) is 6.00. The number of ketones is 1. The molecule has 230 valence electrons. The number of aliphatic carboxylic acids is 1. The van der Waals surface area contributed by atoms with Gasteiger partial charge in [-0.05, 0) is 73.7 Å². The Morgan fingerprint density at radius 2 is 1.59 bits per heavy atom. The Kier molecular flexibility index (Phi) is 9.23. The van der Waals surface area contributed by atoms with E-state index in [4.69, 9.17) is 9.47 Å². The molecule has 0 radical (unpaired) electrons. The summed E-state index contributed by atoms with van der Waals surface area (Å²) in [7, 11) is 3.17. The molecule has 1 aliphatic carbocycles. The van der Waals surface area contributed by atoms with Gasteiger partial charge in [0.05, 0.1) is 38.1 Å². The SMILES string of the molecule is CCN(CC)c1ccc([C@H]2C3=C(C[C@H](c4ccc(OC)c(OC)c4)CC3=O)Nc3ccccc3N2C(=O)CCC(=O)O)cc1. The predicted molar refractivity (Wildman–Crippen MR) is 171 cm³/mol. The zero-order valence-electron chi connectivity index (χ0n) is 25.6. The molecule has 0 bridgehead atoms. The van der Waals surface area contributed by atoms with Gasteiger partial charge in [0.2, 0.25) is 5.91 Å². The molecule has 9 heteroatoms. The van der Waals surface area contributed by atoms with Gasteiger partial charge in [0.25, 0.3) is 0 Å². The first kappa shape index (κ1) is 30.7. The molecule has 9 nitrogen and oxygen atoms in total. The van der Waals surface area contributed by atoms with E-state index < -0.39 is 12.0 Å². The van der Waals surface area contributed by atoms with Crippen LogP contribution >= 0.6 is 0 Å². The third-order valence-electron chi connectivity index (χ3n) is 8.53. The number of allylic oxidation sites excluding steroid dienone is 1. The van der Waals surface area contributed by atoms with Gasteiger partial charge in [-0.15, -0.1) is 0 Å². The van der Waals surface area contributed by atoms with E-state index in [1.165, 1.54) is 0 Å². The lowest BCUT2D eigenvalue weighted by atomic mass is 9.78. The zero-order chi connectivity index (χ0) is 31.4. The molecule has 5 rings (SSSR count). The summed E-state index contributed by atoms with van der Waals surface area (Å²) in [5.41, 5.74) is 5.35. The second-order valence-corrected chi connectivity index (χ2v) is 11.0. The van der Waals surface area contributed by atoms with Crippen LogP contribution in [0.1, 0.15) is 62.6 Å². The van der Waals surface area contributed by atoms with Gasteiger partial charge >= 0.3 is 5.97 Å². The number of anilines is 3. The van der Waals surface area contributed by atoms with E-state index in [0.29, 0.717) is 34.9 Å². The first-order chi connectivity index (χ1) is 21.3. The minimum Gasteiger partial charge on any atom is -0.493 e. The summed E-state index contributed by atoms with van der Waals surface area (Å²) in [6.45, 7) is 5.89. The second kappa shape index (κ2) is 13.2. The van der Waals surface area contributed by atoms with Crippen molar-refractivity contribution < 1.29 is 29.0 Å². The van der Waals surface area contributed by atoms with Crippen LogP contribution < -0.4 is 24.6 Å². The summed E-state index contributed by atoms with van der Waals surface area (Å²) in [6.07, 6.45) is 0.288. The van der Waals surface area contributed by atoms with Gasteiger partial charge in [0, 0.05) is 42.9 Å². The van der Waals surface area contributed by atoms with Crippen molar-refractivity contribution in [2.75, 3.05) is 42.4 Å². The molecule has 0 fully saturated rings. The highest BCUT2D eigenvalue weighted by Crippen LogP contribution is 2.48. The summed E-state index contributed by atoms with van der Waals surface area (Å²) < 4.78 is 11.0. The van der Waals surface area contributed by atoms with Gasteiger partial charge in [0.15, 0.2) is 17.3 Å². The number of carboxylic acids is 1. The molecule has 0 saturated carbocycles. The molecule has 1 amide bonds. The van der Waals surface area contributed by atoms with E-state index >= 15 is 0 Å². The second-order valence-electron chi connectivity index (χ2n) is 11.0. The molecular weight excluding hydrogens is 558 g/mol.